The molecule has 0 aromatic heterocycles. The van der Waals surface area contributed by atoms with Crippen molar-refractivity contribution in [3.05, 3.63) is 23.8 Å². The molecule has 0 saturated carbocycles. The molecule has 8 nitrogen and oxygen atoms in total. The van der Waals surface area contributed by atoms with Crippen LogP contribution in [-0.4, -0.2) is 63.3 Å². The van der Waals surface area contributed by atoms with Crippen molar-refractivity contribution in [3.8, 4) is 0 Å². The third-order valence-electron chi connectivity index (χ3n) is 5.45. The van der Waals surface area contributed by atoms with Crippen LogP contribution in [0.5, 0.6) is 0 Å². The van der Waals surface area contributed by atoms with Gasteiger partial charge in [-0.3, -0.25) is 4.79 Å². The van der Waals surface area contributed by atoms with E-state index in [1.54, 1.807) is 19.1 Å². The maximum Gasteiger partial charge on any atom is 0.243 e. The van der Waals surface area contributed by atoms with Crippen molar-refractivity contribution in [1.82, 2.24) is 8.61 Å². The molecular formula is C19H29N3O5S2. The van der Waals surface area contributed by atoms with Gasteiger partial charge in [0.15, 0.2) is 0 Å². The van der Waals surface area contributed by atoms with Crippen LogP contribution in [0.4, 0.5) is 5.69 Å². The van der Waals surface area contributed by atoms with Crippen molar-refractivity contribution in [2.45, 2.75) is 50.3 Å². The van der Waals surface area contributed by atoms with E-state index in [0.29, 0.717) is 37.3 Å². The van der Waals surface area contributed by atoms with Gasteiger partial charge in [0.25, 0.3) is 0 Å². The maximum atomic E-state index is 13.1. The van der Waals surface area contributed by atoms with Gasteiger partial charge in [-0.25, -0.2) is 21.1 Å². The second-order valence-electron chi connectivity index (χ2n) is 7.67. The zero-order valence-corrected chi connectivity index (χ0v) is 18.4. The molecule has 2 aliphatic rings. The molecule has 29 heavy (non-hydrogen) atoms. The van der Waals surface area contributed by atoms with Crippen LogP contribution in [0, 0.1) is 6.92 Å². The Hall–Kier alpha value is -1.49. The van der Waals surface area contributed by atoms with Crippen LogP contribution in [-0.2, 0) is 24.8 Å². The van der Waals surface area contributed by atoms with Crippen molar-refractivity contribution in [1.29, 1.82) is 0 Å². The number of rotatable bonds is 6. The second-order valence-corrected chi connectivity index (χ2v) is 11.7. The highest BCUT2D eigenvalue weighted by atomic mass is 32.2. The number of nitrogens with one attached hydrogen (secondary N) is 1. The summed E-state index contributed by atoms with van der Waals surface area (Å²) < 4.78 is 52.7. The molecule has 2 heterocycles. The minimum atomic E-state index is -3.62. The van der Waals surface area contributed by atoms with E-state index in [0.717, 1.165) is 25.7 Å². The number of hydrogen-bond acceptors (Lipinski definition) is 5. The summed E-state index contributed by atoms with van der Waals surface area (Å²) >= 11 is 0. The van der Waals surface area contributed by atoms with E-state index in [1.165, 1.54) is 14.7 Å². The van der Waals surface area contributed by atoms with Gasteiger partial charge in [-0.1, -0.05) is 18.9 Å². The number of nitrogens with zero attached hydrogens (tertiary/aromatic N) is 2. The average Bonchev–Trinajstić information content (AvgIpc) is 2.86. The standard InChI is InChI=1S/C19H29N3O5S2/c1-16-7-8-17(20-19(23)9-13-21-12-6-14-28(21,24)25)15-18(16)29(26,27)22-10-4-2-3-5-11-22/h7-8,15H,2-6,9-14H2,1H3,(H,20,23). The molecule has 0 unspecified atom stereocenters. The largest absolute Gasteiger partial charge is 0.326 e. The predicted octanol–water partition coefficient (Wildman–Crippen LogP) is 1.92. The first kappa shape index (κ1) is 22.2. The van der Waals surface area contributed by atoms with Crippen molar-refractivity contribution >= 4 is 31.6 Å². The number of aryl methyl sites for hydroxylation is 1. The molecule has 1 amide bonds. The summed E-state index contributed by atoms with van der Waals surface area (Å²) in [6.07, 6.45) is 4.39. The Morgan fingerprint density at radius 2 is 1.76 bits per heavy atom. The summed E-state index contributed by atoms with van der Waals surface area (Å²) in [5.41, 5.74) is 1.04. The SMILES string of the molecule is Cc1ccc(NC(=O)CCN2CCCS2(=O)=O)cc1S(=O)(=O)N1CCCCCC1. The Balaban J connectivity index is 1.69. The van der Waals surface area contributed by atoms with Gasteiger partial charge in [0.05, 0.1) is 10.6 Å². The molecule has 0 aliphatic carbocycles. The van der Waals surface area contributed by atoms with E-state index < -0.39 is 20.0 Å². The highest BCUT2D eigenvalue weighted by molar-refractivity contribution is 7.89. The topological polar surface area (TPSA) is 104 Å². The van der Waals surface area contributed by atoms with Crippen LogP contribution in [0.1, 0.15) is 44.1 Å². The van der Waals surface area contributed by atoms with Gasteiger partial charge in [0.2, 0.25) is 26.0 Å². The van der Waals surface area contributed by atoms with Crippen LogP contribution in [0.2, 0.25) is 0 Å². The number of sulfonamides is 2. The lowest BCUT2D eigenvalue weighted by Crippen LogP contribution is -2.32. The van der Waals surface area contributed by atoms with Crippen molar-refractivity contribution in [2.24, 2.45) is 0 Å². The van der Waals surface area contributed by atoms with E-state index in [2.05, 4.69) is 5.32 Å². The molecule has 2 fully saturated rings. The Labute approximate surface area is 173 Å². The summed E-state index contributed by atoms with van der Waals surface area (Å²) in [4.78, 5) is 12.5. The first-order valence-electron chi connectivity index (χ1n) is 10.1. The molecule has 0 bridgehead atoms. The third kappa shape index (κ3) is 5.36. The fourth-order valence-electron chi connectivity index (χ4n) is 3.77. The lowest BCUT2D eigenvalue weighted by molar-refractivity contribution is -0.116. The second kappa shape index (κ2) is 9.11. The van der Waals surface area contributed by atoms with Gasteiger partial charge in [0, 0.05) is 38.3 Å². The minimum absolute atomic E-state index is 0.0291. The zero-order valence-electron chi connectivity index (χ0n) is 16.8. The van der Waals surface area contributed by atoms with Crippen molar-refractivity contribution in [2.75, 3.05) is 37.2 Å². The molecule has 0 atom stereocenters. The molecule has 0 spiro atoms. The third-order valence-corrected chi connectivity index (χ3v) is 9.44. The van der Waals surface area contributed by atoms with Gasteiger partial charge >= 0.3 is 0 Å². The fourth-order valence-corrected chi connectivity index (χ4v) is 7.07. The summed E-state index contributed by atoms with van der Waals surface area (Å²) in [5.74, 6) is -0.210. The molecular weight excluding hydrogens is 414 g/mol. The van der Waals surface area contributed by atoms with E-state index in [1.807, 2.05) is 0 Å². The smallest absolute Gasteiger partial charge is 0.243 e. The summed E-state index contributed by atoms with van der Waals surface area (Å²) in [7, 11) is -6.85. The van der Waals surface area contributed by atoms with E-state index in [9.17, 15) is 21.6 Å². The van der Waals surface area contributed by atoms with Crippen LogP contribution in [0.3, 0.4) is 0 Å². The number of hydrogen-bond donors (Lipinski definition) is 1. The Morgan fingerprint density at radius 3 is 2.38 bits per heavy atom. The Bertz CT molecular complexity index is 952. The molecule has 1 aromatic rings. The average molecular weight is 444 g/mol. The number of carbonyl (C=O) groups is 1. The predicted molar refractivity (Wildman–Crippen MR) is 112 cm³/mol. The molecule has 1 aromatic carbocycles. The maximum absolute atomic E-state index is 13.1. The quantitative estimate of drug-likeness (QED) is 0.723. The fraction of sp³-hybridized carbons (Fsp3) is 0.632. The highest BCUT2D eigenvalue weighted by Gasteiger charge is 2.29. The van der Waals surface area contributed by atoms with Gasteiger partial charge in [-0.2, -0.15) is 4.31 Å². The highest BCUT2D eigenvalue weighted by Crippen LogP contribution is 2.26. The van der Waals surface area contributed by atoms with Crippen molar-refractivity contribution in [3.63, 3.8) is 0 Å². The summed E-state index contributed by atoms with van der Waals surface area (Å²) in [6.45, 7) is 3.36. The number of benzene rings is 1. The molecule has 3 rings (SSSR count). The minimum Gasteiger partial charge on any atom is -0.326 e. The molecule has 1 N–H and O–H groups in total. The zero-order chi connectivity index (χ0) is 21.1. The molecule has 2 saturated heterocycles. The number of anilines is 1. The van der Waals surface area contributed by atoms with Gasteiger partial charge in [0.1, 0.15) is 0 Å². The van der Waals surface area contributed by atoms with E-state index in [4.69, 9.17) is 0 Å². The first-order valence-corrected chi connectivity index (χ1v) is 13.1. The summed E-state index contributed by atoms with van der Waals surface area (Å²) in [6, 6.07) is 4.85. The molecule has 2 aliphatic heterocycles. The Kier molecular flexibility index (Phi) is 6.98. The lowest BCUT2D eigenvalue weighted by atomic mass is 10.2. The lowest BCUT2D eigenvalue weighted by Gasteiger charge is -2.21. The molecule has 162 valence electrons. The number of carbonyl (C=O) groups excluding carboxylic acids is 1. The van der Waals surface area contributed by atoms with Crippen LogP contribution in [0.15, 0.2) is 23.1 Å². The van der Waals surface area contributed by atoms with Crippen LogP contribution < -0.4 is 5.32 Å². The van der Waals surface area contributed by atoms with Gasteiger partial charge in [-0.15, -0.1) is 0 Å². The van der Waals surface area contributed by atoms with Gasteiger partial charge in [-0.05, 0) is 43.9 Å². The van der Waals surface area contributed by atoms with Crippen molar-refractivity contribution < 1.29 is 21.6 Å². The first-order chi connectivity index (χ1) is 13.7. The summed E-state index contributed by atoms with van der Waals surface area (Å²) in [5, 5.41) is 2.70. The molecule has 10 heteroatoms. The van der Waals surface area contributed by atoms with Crippen LogP contribution in [0.25, 0.3) is 0 Å². The Morgan fingerprint density at radius 1 is 1.07 bits per heavy atom. The van der Waals surface area contributed by atoms with E-state index in [-0.39, 0.29) is 29.5 Å². The molecule has 0 radical (unpaired) electrons. The van der Waals surface area contributed by atoms with Gasteiger partial charge < -0.3 is 5.32 Å². The number of amides is 1. The van der Waals surface area contributed by atoms with Crippen LogP contribution >= 0.6 is 0 Å². The monoisotopic (exact) mass is 443 g/mol. The normalized spacial score (nSPS) is 21.0. The van der Waals surface area contributed by atoms with E-state index >= 15 is 0 Å².